The van der Waals surface area contributed by atoms with Crippen molar-refractivity contribution in [2.45, 2.75) is 17.7 Å². The lowest BCUT2D eigenvalue weighted by Crippen LogP contribution is -1.81. The molecule has 0 bridgehead atoms. The van der Waals surface area contributed by atoms with Crippen molar-refractivity contribution in [2.75, 3.05) is 5.75 Å². The van der Waals surface area contributed by atoms with Crippen LogP contribution >= 0.6 is 57.1 Å². The Labute approximate surface area is 279 Å². The van der Waals surface area contributed by atoms with Crippen molar-refractivity contribution in [1.29, 1.82) is 0 Å². The molecule has 6 heteroatoms. The third-order valence-electron chi connectivity index (χ3n) is 8.48. The molecule has 0 fully saturated rings. The summed E-state index contributed by atoms with van der Waals surface area (Å²) in [5, 5.41) is 8.12. The van der Waals surface area contributed by atoms with E-state index in [9.17, 15) is 0 Å². The van der Waals surface area contributed by atoms with E-state index in [0.717, 1.165) is 49.8 Å². The maximum absolute atomic E-state index is 6.58. The largest absolute Gasteiger partial charge is 0.455 e. The second-order valence-electron chi connectivity index (χ2n) is 11.2. The molecule has 6 heterocycles. The molecule has 212 valence electrons. The van der Waals surface area contributed by atoms with Gasteiger partial charge in [-0.15, -0.1) is 57.1 Å². The van der Waals surface area contributed by atoms with Gasteiger partial charge in [0, 0.05) is 67.2 Å². The van der Waals surface area contributed by atoms with Crippen molar-refractivity contribution in [3.8, 4) is 23.7 Å². The van der Waals surface area contributed by atoms with E-state index < -0.39 is 0 Å². The smallest absolute Gasteiger partial charge is 0.143 e. The number of benzene rings is 3. The minimum absolute atomic E-state index is 0.879. The molecule has 0 atom stereocenters. The molecule has 0 saturated heterocycles. The van der Waals surface area contributed by atoms with Crippen LogP contribution in [0.2, 0.25) is 0 Å². The standard InChI is InChI=1S/C39H20OS5/c1-2-22(4-7-24-20-36-33(43-24)14-16-41-36)19-35-27(3-1)30-12-11-29-31(39(30)45-35)13-10-28-26-9-6-23(18-32(26)40-38(28)29)5-8-25-21-37-34(44-25)15-17-42-37/h1-2,6,9-13,15,17-21H,3,14,16H2. The Balaban J connectivity index is 1.04. The second-order valence-corrected chi connectivity index (χ2v) is 16.6. The monoisotopic (exact) mass is 664 g/mol. The molecule has 3 aromatic carbocycles. The summed E-state index contributed by atoms with van der Waals surface area (Å²) in [6, 6.07) is 22.0. The fraction of sp³-hybridized carbons (Fsp3) is 0.0769. The zero-order valence-electron chi connectivity index (χ0n) is 23.7. The zero-order chi connectivity index (χ0) is 29.5. The fourth-order valence-electron chi connectivity index (χ4n) is 6.36. The van der Waals surface area contributed by atoms with E-state index in [1.807, 2.05) is 34.4 Å². The Morgan fingerprint density at radius 3 is 2.49 bits per heavy atom. The topological polar surface area (TPSA) is 13.1 Å². The van der Waals surface area contributed by atoms with Gasteiger partial charge in [0.05, 0.1) is 9.75 Å². The Kier molecular flexibility index (Phi) is 5.98. The van der Waals surface area contributed by atoms with Crippen molar-refractivity contribution in [3.05, 3.63) is 114 Å². The van der Waals surface area contributed by atoms with E-state index in [-0.39, 0.29) is 0 Å². The van der Waals surface area contributed by atoms with Crippen LogP contribution in [0, 0.1) is 23.7 Å². The molecular weight excluding hydrogens is 645 g/mol. The van der Waals surface area contributed by atoms with Crippen molar-refractivity contribution >= 4 is 115 Å². The van der Waals surface area contributed by atoms with E-state index in [4.69, 9.17) is 4.42 Å². The lowest BCUT2D eigenvalue weighted by Gasteiger charge is -2.02. The normalized spacial score (nSPS) is 14.0. The Bertz CT molecular complexity index is 2680. The molecule has 1 nitrogen and oxygen atoms in total. The molecule has 5 aromatic heterocycles. The highest BCUT2D eigenvalue weighted by molar-refractivity contribution is 7.99. The van der Waals surface area contributed by atoms with Gasteiger partial charge < -0.3 is 4.42 Å². The summed E-state index contributed by atoms with van der Waals surface area (Å²) in [4.78, 5) is 6.49. The van der Waals surface area contributed by atoms with Crippen LogP contribution in [0.3, 0.4) is 0 Å². The summed E-state index contributed by atoms with van der Waals surface area (Å²) in [5.74, 6) is 14.8. The van der Waals surface area contributed by atoms with E-state index >= 15 is 0 Å². The molecule has 0 N–H and O–H groups in total. The summed E-state index contributed by atoms with van der Waals surface area (Å²) in [7, 11) is 0. The Hall–Kier alpha value is -4.01. The van der Waals surface area contributed by atoms with Crippen LogP contribution in [0.4, 0.5) is 0 Å². The lowest BCUT2D eigenvalue weighted by atomic mass is 10.0. The summed E-state index contributed by atoms with van der Waals surface area (Å²) in [6.07, 6.45) is 8.81. The molecule has 0 saturated carbocycles. The van der Waals surface area contributed by atoms with Crippen molar-refractivity contribution in [3.63, 3.8) is 0 Å². The van der Waals surface area contributed by atoms with E-state index in [2.05, 4.69) is 108 Å². The van der Waals surface area contributed by atoms with Crippen molar-refractivity contribution in [1.82, 2.24) is 0 Å². The number of rotatable bonds is 0. The third-order valence-corrected chi connectivity index (χ3v) is 14.0. The molecule has 0 spiro atoms. The zero-order valence-corrected chi connectivity index (χ0v) is 27.7. The predicted molar refractivity (Wildman–Crippen MR) is 199 cm³/mol. The maximum atomic E-state index is 6.58. The van der Waals surface area contributed by atoms with Gasteiger partial charge >= 0.3 is 0 Å². The van der Waals surface area contributed by atoms with Gasteiger partial charge in [0.2, 0.25) is 0 Å². The van der Waals surface area contributed by atoms with E-state index in [1.165, 1.54) is 62.1 Å². The molecule has 45 heavy (non-hydrogen) atoms. The van der Waals surface area contributed by atoms with Gasteiger partial charge in [0.15, 0.2) is 0 Å². The second kappa shape index (κ2) is 10.3. The first kappa shape index (κ1) is 26.2. The van der Waals surface area contributed by atoms with Crippen LogP contribution < -0.4 is 0 Å². The van der Waals surface area contributed by atoms with Gasteiger partial charge in [-0.05, 0) is 83.8 Å². The average Bonchev–Trinajstić information content (AvgIpc) is 3.88. The van der Waals surface area contributed by atoms with Gasteiger partial charge in [-0.3, -0.25) is 0 Å². The van der Waals surface area contributed by atoms with Crippen LogP contribution in [0.25, 0.3) is 58.3 Å². The number of allylic oxidation sites excluding steroid dienone is 3. The highest BCUT2D eigenvalue weighted by atomic mass is 32.2. The van der Waals surface area contributed by atoms with E-state index in [0.29, 0.717) is 0 Å². The SMILES string of the molecule is C(#Cc1cc2c(s1)CCS2)C1=Cc2sc3c(ccc4c3ccc3c5ccc(C#Cc6cc7sccc7s6)cc5oc34)c2CC=C1. The number of hydrogen-bond donors (Lipinski definition) is 0. The number of thioether (sulfide) groups is 1. The first-order valence-corrected chi connectivity index (χ1v) is 19.0. The number of fused-ring (bicyclic) bond motifs is 11. The van der Waals surface area contributed by atoms with Crippen LogP contribution in [0.5, 0.6) is 0 Å². The summed E-state index contributed by atoms with van der Waals surface area (Å²) in [5.41, 5.74) is 5.25. The predicted octanol–water partition coefficient (Wildman–Crippen LogP) is 11.9. The van der Waals surface area contributed by atoms with Crippen molar-refractivity contribution < 1.29 is 4.42 Å². The molecule has 0 amide bonds. The highest BCUT2D eigenvalue weighted by Crippen LogP contribution is 2.43. The average molecular weight is 665 g/mol. The fourth-order valence-corrected chi connectivity index (χ4v) is 12.0. The first-order chi connectivity index (χ1) is 22.2. The summed E-state index contributed by atoms with van der Waals surface area (Å²) in [6.45, 7) is 0. The third kappa shape index (κ3) is 4.36. The minimum atomic E-state index is 0.879. The molecule has 0 radical (unpaired) electrons. The van der Waals surface area contributed by atoms with Gasteiger partial charge in [-0.1, -0.05) is 48.0 Å². The minimum Gasteiger partial charge on any atom is -0.455 e. The van der Waals surface area contributed by atoms with E-state index in [1.54, 1.807) is 22.7 Å². The van der Waals surface area contributed by atoms with Gasteiger partial charge in [0.1, 0.15) is 11.2 Å². The van der Waals surface area contributed by atoms with Crippen molar-refractivity contribution in [2.24, 2.45) is 0 Å². The van der Waals surface area contributed by atoms with Crippen LogP contribution in [0.15, 0.2) is 93.1 Å². The Morgan fingerprint density at radius 2 is 1.56 bits per heavy atom. The molecule has 2 aliphatic rings. The molecule has 10 rings (SSSR count). The molecular formula is C39H20OS5. The lowest BCUT2D eigenvalue weighted by molar-refractivity contribution is 0.672. The quantitative estimate of drug-likeness (QED) is 0.150. The van der Waals surface area contributed by atoms with Crippen LogP contribution in [-0.2, 0) is 12.8 Å². The maximum Gasteiger partial charge on any atom is 0.143 e. The number of thiophene rings is 4. The van der Waals surface area contributed by atoms with Crippen LogP contribution in [0.1, 0.15) is 30.6 Å². The summed E-state index contributed by atoms with van der Waals surface area (Å²) >= 11 is 9.19. The molecule has 0 unspecified atom stereocenters. The van der Waals surface area contributed by atoms with Gasteiger partial charge in [0.25, 0.3) is 0 Å². The van der Waals surface area contributed by atoms with Gasteiger partial charge in [-0.25, -0.2) is 0 Å². The van der Waals surface area contributed by atoms with Gasteiger partial charge in [-0.2, -0.15) is 0 Å². The number of furan rings is 1. The molecule has 1 aliphatic carbocycles. The highest BCUT2D eigenvalue weighted by Gasteiger charge is 2.18. The van der Waals surface area contributed by atoms with Crippen LogP contribution in [-0.4, -0.2) is 5.75 Å². The molecule has 8 aromatic rings. The first-order valence-electron chi connectivity index (χ1n) is 14.7. The molecule has 1 aliphatic heterocycles. The number of hydrogen-bond acceptors (Lipinski definition) is 6. The number of aryl methyl sites for hydroxylation is 1. The summed E-state index contributed by atoms with van der Waals surface area (Å²) < 4.78 is 10.5. The Morgan fingerprint density at radius 1 is 0.711 bits per heavy atom.